The Bertz CT molecular complexity index is 217. The van der Waals surface area contributed by atoms with Crippen LogP contribution in [0.3, 0.4) is 0 Å². The number of nitrogens with zero attached hydrogens (tertiary/aromatic N) is 1. The highest BCUT2D eigenvalue weighted by Crippen LogP contribution is 2.02. The molecule has 0 saturated carbocycles. The number of hydrogen-bond acceptors (Lipinski definition) is 5. The van der Waals surface area contributed by atoms with E-state index in [0.717, 1.165) is 0 Å². The molecule has 5 heteroatoms. The number of esters is 2. The Morgan fingerprint density at radius 3 is 2.27 bits per heavy atom. The molecule has 0 aromatic carbocycles. The number of hydrogen-bond donors (Lipinski definition) is 0. The molecule has 0 aliphatic carbocycles. The Morgan fingerprint density at radius 2 is 1.87 bits per heavy atom. The standard InChI is InChI=1S/C10H19NO4/c1-5-11(7-9(12)14-3)6-8(2)10(13)15-4/h8H,5-7H2,1-4H3. The van der Waals surface area contributed by atoms with Crippen molar-refractivity contribution in [1.82, 2.24) is 4.90 Å². The molecule has 0 aliphatic rings. The third kappa shape index (κ3) is 5.37. The van der Waals surface area contributed by atoms with Crippen LogP contribution in [0.4, 0.5) is 0 Å². The van der Waals surface area contributed by atoms with E-state index in [1.165, 1.54) is 14.2 Å². The van der Waals surface area contributed by atoms with Gasteiger partial charge in [0.1, 0.15) is 0 Å². The van der Waals surface area contributed by atoms with E-state index < -0.39 is 0 Å². The molecule has 0 fully saturated rings. The quantitative estimate of drug-likeness (QED) is 0.598. The molecule has 0 spiro atoms. The van der Waals surface area contributed by atoms with Crippen molar-refractivity contribution in [3.05, 3.63) is 0 Å². The molecule has 0 rings (SSSR count). The van der Waals surface area contributed by atoms with Gasteiger partial charge in [-0.1, -0.05) is 13.8 Å². The largest absolute Gasteiger partial charge is 0.469 e. The van der Waals surface area contributed by atoms with E-state index in [1.54, 1.807) is 6.92 Å². The maximum absolute atomic E-state index is 11.2. The van der Waals surface area contributed by atoms with E-state index in [9.17, 15) is 9.59 Å². The van der Waals surface area contributed by atoms with E-state index in [-0.39, 0.29) is 24.4 Å². The summed E-state index contributed by atoms with van der Waals surface area (Å²) in [5, 5.41) is 0. The zero-order chi connectivity index (χ0) is 11.8. The number of methoxy groups -OCH3 is 2. The highest BCUT2D eigenvalue weighted by atomic mass is 16.5. The lowest BCUT2D eigenvalue weighted by atomic mass is 10.1. The van der Waals surface area contributed by atoms with Crippen molar-refractivity contribution in [2.45, 2.75) is 13.8 Å². The average Bonchev–Trinajstić information content (AvgIpc) is 2.26. The van der Waals surface area contributed by atoms with E-state index in [1.807, 2.05) is 11.8 Å². The van der Waals surface area contributed by atoms with Gasteiger partial charge in [-0.05, 0) is 6.54 Å². The van der Waals surface area contributed by atoms with Gasteiger partial charge in [-0.2, -0.15) is 0 Å². The first kappa shape index (κ1) is 13.9. The van der Waals surface area contributed by atoms with Crippen molar-refractivity contribution < 1.29 is 19.1 Å². The maximum Gasteiger partial charge on any atom is 0.319 e. The van der Waals surface area contributed by atoms with Gasteiger partial charge in [-0.3, -0.25) is 14.5 Å². The summed E-state index contributed by atoms with van der Waals surface area (Å²) in [5.74, 6) is -0.799. The van der Waals surface area contributed by atoms with Crippen LogP contribution in [0.2, 0.25) is 0 Å². The second-order valence-electron chi connectivity index (χ2n) is 3.33. The molecule has 1 atom stereocenters. The number of carbonyl (C=O) groups is 2. The van der Waals surface area contributed by atoms with Crippen LogP contribution in [0.25, 0.3) is 0 Å². The Morgan fingerprint density at radius 1 is 1.27 bits per heavy atom. The molecule has 15 heavy (non-hydrogen) atoms. The normalized spacial score (nSPS) is 12.3. The highest BCUT2D eigenvalue weighted by Gasteiger charge is 2.18. The van der Waals surface area contributed by atoms with E-state index >= 15 is 0 Å². The molecule has 0 aromatic heterocycles. The fraction of sp³-hybridized carbons (Fsp3) is 0.800. The van der Waals surface area contributed by atoms with Gasteiger partial charge in [0.2, 0.25) is 0 Å². The van der Waals surface area contributed by atoms with Gasteiger partial charge in [0.05, 0.1) is 26.7 Å². The van der Waals surface area contributed by atoms with Crippen LogP contribution in [0, 0.1) is 5.92 Å². The molecule has 0 heterocycles. The Hall–Kier alpha value is -1.10. The van der Waals surface area contributed by atoms with Crippen LogP contribution in [0.15, 0.2) is 0 Å². The predicted molar refractivity (Wildman–Crippen MR) is 55.3 cm³/mol. The molecule has 0 radical (unpaired) electrons. The fourth-order valence-electron chi connectivity index (χ4n) is 1.22. The first-order chi connectivity index (χ1) is 7.04. The van der Waals surface area contributed by atoms with Crippen molar-refractivity contribution in [1.29, 1.82) is 0 Å². The van der Waals surface area contributed by atoms with Crippen LogP contribution in [-0.2, 0) is 19.1 Å². The van der Waals surface area contributed by atoms with Gasteiger partial charge in [0, 0.05) is 6.54 Å². The smallest absolute Gasteiger partial charge is 0.319 e. The summed E-state index contributed by atoms with van der Waals surface area (Å²) in [7, 11) is 2.70. The van der Waals surface area contributed by atoms with Crippen molar-refractivity contribution >= 4 is 11.9 Å². The van der Waals surface area contributed by atoms with Gasteiger partial charge in [0.25, 0.3) is 0 Å². The predicted octanol–water partition coefficient (Wildman–Crippen LogP) is 0.290. The average molecular weight is 217 g/mol. The third-order valence-electron chi connectivity index (χ3n) is 2.16. The minimum Gasteiger partial charge on any atom is -0.469 e. The SMILES string of the molecule is CCN(CC(=O)OC)CC(C)C(=O)OC. The molecule has 5 nitrogen and oxygen atoms in total. The van der Waals surface area contributed by atoms with Crippen LogP contribution in [0.5, 0.6) is 0 Å². The fourth-order valence-corrected chi connectivity index (χ4v) is 1.22. The van der Waals surface area contributed by atoms with Gasteiger partial charge >= 0.3 is 11.9 Å². The maximum atomic E-state index is 11.2. The van der Waals surface area contributed by atoms with E-state index in [2.05, 4.69) is 9.47 Å². The molecule has 0 N–H and O–H groups in total. The lowest BCUT2D eigenvalue weighted by molar-refractivity contribution is -0.147. The first-order valence-corrected chi connectivity index (χ1v) is 4.92. The Kier molecular flexibility index (Phi) is 6.70. The van der Waals surface area contributed by atoms with Crippen LogP contribution >= 0.6 is 0 Å². The topological polar surface area (TPSA) is 55.8 Å². The molecule has 1 unspecified atom stereocenters. The zero-order valence-electron chi connectivity index (χ0n) is 9.78. The van der Waals surface area contributed by atoms with Crippen molar-refractivity contribution in [2.24, 2.45) is 5.92 Å². The minimum atomic E-state index is -0.297. The van der Waals surface area contributed by atoms with E-state index in [0.29, 0.717) is 13.1 Å². The van der Waals surface area contributed by atoms with Gasteiger partial charge in [-0.25, -0.2) is 0 Å². The lowest BCUT2D eigenvalue weighted by Crippen LogP contribution is -2.36. The third-order valence-corrected chi connectivity index (χ3v) is 2.16. The Balaban J connectivity index is 4.09. The summed E-state index contributed by atoms with van der Waals surface area (Å²) in [6, 6.07) is 0. The summed E-state index contributed by atoms with van der Waals surface area (Å²) in [4.78, 5) is 24.0. The molecule has 0 bridgehead atoms. The Labute approximate surface area is 90.3 Å². The minimum absolute atomic E-state index is 0.203. The molecule has 0 saturated heterocycles. The molecule has 88 valence electrons. The zero-order valence-corrected chi connectivity index (χ0v) is 9.78. The van der Waals surface area contributed by atoms with E-state index in [4.69, 9.17) is 0 Å². The molecule has 0 aliphatic heterocycles. The number of carbonyl (C=O) groups excluding carboxylic acids is 2. The summed E-state index contributed by atoms with van der Waals surface area (Å²) in [5.41, 5.74) is 0. The van der Waals surface area contributed by atoms with Crippen molar-refractivity contribution in [2.75, 3.05) is 33.9 Å². The number of likely N-dealkylation sites (N-methyl/N-ethyl adjacent to an activating group) is 1. The van der Waals surface area contributed by atoms with Crippen LogP contribution < -0.4 is 0 Å². The van der Waals surface area contributed by atoms with Crippen LogP contribution in [-0.4, -0.2) is 50.7 Å². The lowest BCUT2D eigenvalue weighted by Gasteiger charge is -2.21. The van der Waals surface area contributed by atoms with Crippen molar-refractivity contribution in [3.63, 3.8) is 0 Å². The van der Waals surface area contributed by atoms with Gasteiger partial charge in [-0.15, -0.1) is 0 Å². The van der Waals surface area contributed by atoms with Crippen LogP contribution in [0.1, 0.15) is 13.8 Å². The second kappa shape index (κ2) is 7.23. The highest BCUT2D eigenvalue weighted by molar-refractivity contribution is 5.73. The first-order valence-electron chi connectivity index (χ1n) is 4.92. The molecular weight excluding hydrogens is 198 g/mol. The van der Waals surface area contributed by atoms with Gasteiger partial charge in [0.15, 0.2) is 0 Å². The summed E-state index contributed by atoms with van der Waals surface area (Å²) in [6.45, 7) is 5.09. The summed E-state index contributed by atoms with van der Waals surface area (Å²) < 4.78 is 9.16. The van der Waals surface area contributed by atoms with Crippen molar-refractivity contribution in [3.8, 4) is 0 Å². The summed E-state index contributed by atoms with van der Waals surface area (Å²) >= 11 is 0. The number of ether oxygens (including phenoxy) is 2. The second-order valence-corrected chi connectivity index (χ2v) is 3.33. The molecular formula is C10H19NO4. The monoisotopic (exact) mass is 217 g/mol. The number of rotatable bonds is 6. The summed E-state index contributed by atoms with van der Waals surface area (Å²) in [6.07, 6.45) is 0. The molecule has 0 amide bonds. The molecule has 0 aromatic rings. The van der Waals surface area contributed by atoms with Gasteiger partial charge < -0.3 is 9.47 Å².